The summed E-state index contributed by atoms with van der Waals surface area (Å²) < 4.78 is 0. The van der Waals surface area contributed by atoms with Crippen molar-refractivity contribution in [2.45, 2.75) is 26.2 Å². The van der Waals surface area contributed by atoms with Crippen molar-refractivity contribution in [2.24, 2.45) is 0 Å². The quantitative estimate of drug-likeness (QED) is 0.680. The molecule has 0 fully saturated rings. The summed E-state index contributed by atoms with van der Waals surface area (Å²) in [5.41, 5.74) is 0. The third kappa shape index (κ3) is 1.87. The van der Waals surface area contributed by atoms with E-state index in [4.69, 9.17) is 0 Å². The highest BCUT2D eigenvalue weighted by molar-refractivity contribution is 5.84. The van der Waals surface area contributed by atoms with Gasteiger partial charge in [-0.3, -0.25) is 4.79 Å². The molecular weight excluding hydrogens is 152 g/mol. The molecule has 0 saturated heterocycles. The van der Waals surface area contributed by atoms with Crippen LogP contribution in [-0.2, 0) is 4.79 Å². The lowest BCUT2D eigenvalue weighted by Gasteiger charge is -2.05. The van der Waals surface area contributed by atoms with Gasteiger partial charge in [0, 0.05) is 18.8 Å². The van der Waals surface area contributed by atoms with Crippen molar-refractivity contribution in [3.63, 3.8) is 0 Å². The first kappa shape index (κ1) is 8.84. The van der Waals surface area contributed by atoms with Gasteiger partial charge in [-0.15, -0.1) is 0 Å². The Hall–Kier alpha value is -1.25. The molecule has 1 aromatic rings. The normalized spacial score (nSPS) is 12.5. The Morgan fingerprint density at radius 2 is 2.08 bits per heavy atom. The van der Waals surface area contributed by atoms with Crippen molar-refractivity contribution in [1.29, 1.82) is 0 Å². The van der Waals surface area contributed by atoms with E-state index < -0.39 is 0 Å². The number of hydrogen-bond donors (Lipinski definition) is 0. The molecule has 1 rings (SSSR count). The van der Waals surface area contributed by atoms with Crippen LogP contribution in [0.4, 0.5) is 0 Å². The molecule has 1 aromatic heterocycles. The molecule has 0 bridgehead atoms. The minimum absolute atomic E-state index is 0.170. The van der Waals surface area contributed by atoms with Gasteiger partial charge in [0.25, 0.3) is 0 Å². The van der Waals surface area contributed by atoms with Crippen LogP contribution < -0.4 is 0 Å². The number of nitrogens with zero attached hydrogens (tertiary/aromatic N) is 2. The summed E-state index contributed by atoms with van der Waals surface area (Å²) in [7, 11) is 0. The largest absolute Gasteiger partial charge is 0.299 e. The van der Waals surface area contributed by atoms with Crippen LogP contribution in [0.25, 0.3) is 0 Å². The molecule has 0 radical (unpaired) electrons. The summed E-state index contributed by atoms with van der Waals surface area (Å²) in [5, 5.41) is 0. The van der Waals surface area contributed by atoms with Gasteiger partial charge < -0.3 is 0 Å². The molecule has 1 atom stereocenters. The summed E-state index contributed by atoms with van der Waals surface area (Å²) >= 11 is 0. The lowest BCUT2D eigenvalue weighted by Crippen LogP contribution is -2.10. The van der Waals surface area contributed by atoms with E-state index in [0.717, 1.165) is 0 Å². The number of aromatic nitrogens is 2. The van der Waals surface area contributed by atoms with Crippen LogP contribution in [0.5, 0.6) is 0 Å². The fraction of sp³-hybridized carbons (Fsp3) is 0.444. The van der Waals surface area contributed by atoms with Gasteiger partial charge in [-0.25, -0.2) is 9.97 Å². The van der Waals surface area contributed by atoms with Crippen LogP contribution in [0.2, 0.25) is 0 Å². The predicted octanol–water partition coefficient (Wildman–Crippen LogP) is 1.56. The lowest BCUT2D eigenvalue weighted by molar-refractivity contribution is -0.119. The molecule has 0 aliphatic carbocycles. The molecule has 0 spiro atoms. The molecule has 64 valence electrons. The van der Waals surface area contributed by atoms with Crippen LogP contribution in [0.1, 0.15) is 32.0 Å². The highest BCUT2D eigenvalue weighted by atomic mass is 16.1. The molecule has 0 aromatic carbocycles. The van der Waals surface area contributed by atoms with Gasteiger partial charge in [0.2, 0.25) is 0 Å². The van der Waals surface area contributed by atoms with E-state index in [0.29, 0.717) is 12.2 Å². The van der Waals surface area contributed by atoms with Gasteiger partial charge in [0.15, 0.2) is 0 Å². The third-order valence-electron chi connectivity index (χ3n) is 1.80. The fourth-order valence-electron chi connectivity index (χ4n) is 0.984. The molecule has 0 aliphatic heterocycles. The Morgan fingerprint density at radius 3 is 2.58 bits per heavy atom. The van der Waals surface area contributed by atoms with Crippen LogP contribution in [0.15, 0.2) is 18.5 Å². The lowest BCUT2D eigenvalue weighted by atomic mass is 10.0. The summed E-state index contributed by atoms with van der Waals surface area (Å²) in [6, 6.07) is 1.74. The summed E-state index contributed by atoms with van der Waals surface area (Å²) in [6.45, 7) is 3.68. The third-order valence-corrected chi connectivity index (χ3v) is 1.80. The van der Waals surface area contributed by atoms with Gasteiger partial charge in [-0.05, 0) is 13.0 Å². The van der Waals surface area contributed by atoms with Crippen molar-refractivity contribution in [2.75, 3.05) is 0 Å². The Labute approximate surface area is 71.9 Å². The summed E-state index contributed by atoms with van der Waals surface area (Å²) in [6.07, 6.45) is 3.85. The first-order valence-corrected chi connectivity index (χ1v) is 4.05. The molecule has 1 heterocycles. The number of rotatable bonds is 3. The van der Waals surface area contributed by atoms with Crippen molar-refractivity contribution in [3.05, 3.63) is 24.3 Å². The molecule has 3 heteroatoms. The molecule has 0 saturated carbocycles. The van der Waals surface area contributed by atoms with Crippen LogP contribution in [0.3, 0.4) is 0 Å². The van der Waals surface area contributed by atoms with E-state index in [1.54, 1.807) is 18.5 Å². The van der Waals surface area contributed by atoms with E-state index in [1.165, 1.54) is 0 Å². The maximum atomic E-state index is 11.2. The number of carbonyl (C=O) groups is 1. The SMILES string of the molecule is CCC(=O)C(C)c1ncccn1. The smallest absolute Gasteiger partial charge is 0.142 e. The zero-order valence-electron chi connectivity index (χ0n) is 7.32. The number of Topliss-reactive ketones (excluding diaryl/α,β-unsaturated/α-hetero) is 1. The Balaban J connectivity index is 2.78. The second-order valence-corrected chi connectivity index (χ2v) is 2.65. The van der Waals surface area contributed by atoms with Crippen LogP contribution >= 0.6 is 0 Å². The van der Waals surface area contributed by atoms with Gasteiger partial charge in [-0.2, -0.15) is 0 Å². The Morgan fingerprint density at radius 1 is 1.50 bits per heavy atom. The molecule has 0 aliphatic rings. The average molecular weight is 164 g/mol. The molecule has 0 amide bonds. The first-order chi connectivity index (χ1) is 5.75. The maximum Gasteiger partial charge on any atom is 0.142 e. The monoisotopic (exact) mass is 164 g/mol. The number of ketones is 1. The van der Waals surface area contributed by atoms with Gasteiger partial charge >= 0.3 is 0 Å². The van der Waals surface area contributed by atoms with Gasteiger partial charge in [-0.1, -0.05) is 6.92 Å². The number of hydrogen-bond acceptors (Lipinski definition) is 3. The van der Waals surface area contributed by atoms with Gasteiger partial charge in [0.1, 0.15) is 11.6 Å². The van der Waals surface area contributed by atoms with Crippen molar-refractivity contribution in [1.82, 2.24) is 9.97 Å². The Kier molecular flexibility index (Phi) is 2.91. The Bertz CT molecular complexity index is 258. The molecule has 1 unspecified atom stereocenters. The van der Waals surface area contributed by atoms with E-state index in [9.17, 15) is 4.79 Å². The summed E-state index contributed by atoms with van der Waals surface area (Å²) in [5.74, 6) is 0.627. The predicted molar refractivity (Wildman–Crippen MR) is 45.7 cm³/mol. The van der Waals surface area contributed by atoms with E-state index in [1.807, 2.05) is 13.8 Å². The van der Waals surface area contributed by atoms with Crippen LogP contribution in [0, 0.1) is 0 Å². The second kappa shape index (κ2) is 3.95. The van der Waals surface area contributed by atoms with Crippen molar-refractivity contribution in [3.8, 4) is 0 Å². The molecule has 3 nitrogen and oxygen atoms in total. The molecular formula is C9H12N2O. The minimum Gasteiger partial charge on any atom is -0.299 e. The average Bonchev–Trinajstić information content (AvgIpc) is 2.17. The van der Waals surface area contributed by atoms with Crippen molar-refractivity contribution >= 4 is 5.78 Å². The van der Waals surface area contributed by atoms with Crippen molar-refractivity contribution < 1.29 is 4.79 Å². The van der Waals surface area contributed by atoms with Crippen LogP contribution in [-0.4, -0.2) is 15.8 Å². The zero-order valence-corrected chi connectivity index (χ0v) is 7.32. The zero-order chi connectivity index (χ0) is 8.97. The van der Waals surface area contributed by atoms with E-state index in [2.05, 4.69) is 9.97 Å². The first-order valence-electron chi connectivity index (χ1n) is 4.05. The standard InChI is InChI=1S/C9H12N2O/c1-3-8(12)7(2)9-10-5-4-6-11-9/h4-7H,3H2,1-2H3. The van der Waals surface area contributed by atoms with E-state index >= 15 is 0 Å². The molecule has 0 N–H and O–H groups in total. The molecule has 12 heavy (non-hydrogen) atoms. The topological polar surface area (TPSA) is 42.9 Å². The second-order valence-electron chi connectivity index (χ2n) is 2.65. The van der Waals surface area contributed by atoms with Gasteiger partial charge in [0.05, 0.1) is 5.92 Å². The fourth-order valence-corrected chi connectivity index (χ4v) is 0.984. The number of carbonyl (C=O) groups excluding carboxylic acids is 1. The summed E-state index contributed by atoms with van der Waals surface area (Å²) in [4.78, 5) is 19.3. The highest BCUT2D eigenvalue weighted by Gasteiger charge is 2.14. The maximum absolute atomic E-state index is 11.2. The van der Waals surface area contributed by atoms with E-state index in [-0.39, 0.29) is 11.7 Å². The highest BCUT2D eigenvalue weighted by Crippen LogP contribution is 2.11. The minimum atomic E-state index is -0.170.